The third-order valence-corrected chi connectivity index (χ3v) is 4.68. The van der Waals surface area contributed by atoms with Crippen molar-refractivity contribution in [1.82, 2.24) is 10.3 Å². The molecule has 3 rings (SSSR count). The second kappa shape index (κ2) is 6.95. The fourth-order valence-corrected chi connectivity index (χ4v) is 3.31. The summed E-state index contributed by atoms with van der Waals surface area (Å²) >= 11 is 0. The van der Waals surface area contributed by atoms with Crippen molar-refractivity contribution in [2.75, 3.05) is 18.0 Å². The van der Waals surface area contributed by atoms with Gasteiger partial charge in [0.25, 0.3) is 0 Å². The summed E-state index contributed by atoms with van der Waals surface area (Å²) in [6.45, 7) is 3.95. The maximum Gasteiger partial charge on any atom is 0.223 e. The lowest BCUT2D eigenvalue weighted by Gasteiger charge is -2.34. The number of aromatic nitrogens is 1. The summed E-state index contributed by atoms with van der Waals surface area (Å²) in [4.78, 5) is 19.2. The Morgan fingerprint density at radius 1 is 1.23 bits per heavy atom. The van der Waals surface area contributed by atoms with Gasteiger partial charge < -0.3 is 10.2 Å². The number of allylic oxidation sites excluding steroid dienone is 2. The highest BCUT2D eigenvalue weighted by atomic mass is 16.1. The first kappa shape index (κ1) is 15.1. The number of hydrogen-bond donors (Lipinski definition) is 1. The normalized spacial score (nSPS) is 22.6. The highest BCUT2D eigenvalue weighted by Gasteiger charge is 2.25. The molecular formula is C18H25N3O. The van der Waals surface area contributed by atoms with Crippen molar-refractivity contribution in [3.05, 3.63) is 36.0 Å². The molecule has 1 saturated heterocycles. The average Bonchev–Trinajstić information content (AvgIpc) is 2.56. The quantitative estimate of drug-likeness (QED) is 0.873. The molecule has 1 atom stereocenters. The number of carbonyl (C=O) groups is 1. The number of amides is 1. The van der Waals surface area contributed by atoms with E-state index in [1.165, 1.54) is 0 Å². The van der Waals surface area contributed by atoms with Gasteiger partial charge in [0.05, 0.1) is 0 Å². The summed E-state index contributed by atoms with van der Waals surface area (Å²) in [6, 6.07) is 6.47. The van der Waals surface area contributed by atoms with Crippen molar-refractivity contribution in [2.45, 2.75) is 45.1 Å². The minimum absolute atomic E-state index is 0.182. The van der Waals surface area contributed by atoms with Crippen LogP contribution < -0.4 is 10.2 Å². The molecule has 0 aromatic carbocycles. The Morgan fingerprint density at radius 2 is 2.05 bits per heavy atom. The average molecular weight is 299 g/mol. The molecule has 1 N–H and O–H groups in total. The maximum absolute atomic E-state index is 12.3. The zero-order valence-electron chi connectivity index (χ0n) is 13.3. The molecule has 1 aromatic heterocycles. The first-order valence-electron chi connectivity index (χ1n) is 8.36. The molecule has 0 saturated carbocycles. The molecule has 4 heteroatoms. The van der Waals surface area contributed by atoms with Crippen LogP contribution in [0, 0.1) is 12.8 Å². The van der Waals surface area contributed by atoms with Crippen LogP contribution in [0.3, 0.4) is 0 Å². The van der Waals surface area contributed by atoms with Gasteiger partial charge >= 0.3 is 0 Å². The Kier molecular flexibility index (Phi) is 4.76. The van der Waals surface area contributed by atoms with Crippen LogP contribution in [0.4, 0.5) is 5.82 Å². The van der Waals surface area contributed by atoms with Gasteiger partial charge in [-0.3, -0.25) is 4.79 Å². The van der Waals surface area contributed by atoms with E-state index >= 15 is 0 Å². The van der Waals surface area contributed by atoms with Crippen molar-refractivity contribution in [3.63, 3.8) is 0 Å². The highest BCUT2D eigenvalue weighted by molar-refractivity contribution is 5.79. The molecule has 0 radical (unpaired) electrons. The monoisotopic (exact) mass is 299 g/mol. The van der Waals surface area contributed by atoms with Gasteiger partial charge in [0.2, 0.25) is 5.91 Å². The summed E-state index contributed by atoms with van der Waals surface area (Å²) in [5.41, 5.74) is 1.05. The van der Waals surface area contributed by atoms with Crippen molar-refractivity contribution in [3.8, 4) is 0 Å². The topological polar surface area (TPSA) is 45.2 Å². The highest BCUT2D eigenvalue weighted by Crippen LogP contribution is 2.21. The number of anilines is 1. The van der Waals surface area contributed by atoms with Crippen LogP contribution >= 0.6 is 0 Å². The largest absolute Gasteiger partial charge is 0.356 e. The molecule has 0 bridgehead atoms. The molecule has 22 heavy (non-hydrogen) atoms. The lowest BCUT2D eigenvalue weighted by molar-refractivity contribution is -0.126. The second-order valence-electron chi connectivity index (χ2n) is 6.39. The van der Waals surface area contributed by atoms with Gasteiger partial charge in [-0.15, -0.1) is 0 Å². The first-order valence-corrected chi connectivity index (χ1v) is 8.36. The predicted octanol–water partition coefficient (Wildman–Crippen LogP) is 2.83. The molecule has 1 unspecified atom stereocenters. The Bertz CT molecular complexity index is 547. The molecule has 1 fully saturated rings. The summed E-state index contributed by atoms with van der Waals surface area (Å²) in [6.07, 6.45) is 9.26. The zero-order valence-corrected chi connectivity index (χ0v) is 13.3. The summed E-state index contributed by atoms with van der Waals surface area (Å²) < 4.78 is 0. The van der Waals surface area contributed by atoms with Gasteiger partial charge in [-0.1, -0.05) is 18.2 Å². The molecular weight excluding hydrogens is 274 g/mol. The summed E-state index contributed by atoms with van der Waals surface area (Å²) in [7, 11) is 0. The lowest BCUT2D eigenvalue weighted by Crippen LogP contribution is -2.46. The summed E-state index contributed by atoms with van der Waals surface area (Å²) in [5, 5.41) is 3.25. The van der Waals surface area contributed by atoms with E-state index in [1.807, 2.05) is 13.0 Å². The third kappa shape index (κ3) is 3.67. The van der Waals surface area contributed by atoms with Gasteiger partial charge in [-0.2, -0.15) is 0 Å². The van der Waals surface area contributed by atoms with E-state index in [-0.39, 0.29) is 11.8 Å². The van der Waals surface area contributed by atoms with Crippen molar-refractivity contribution < 1.29 is 4.79 Å². The second-order valence-corrected chi connectivity index (χ2v) is 6.39. The molecule has 1 aromatic rings. The van der Waals surface area contributed by atoms with Crippen LogP contribution in [0.15, 0.2) is 30.4 Å². The van der Waals surface area contributed by atoms with Crippen molar-refractivity contribution in [1.29, 1.82) is 0 Å². The van der Waals surface area contributed by atoms with Crippen molar-refractivity contribution >= 4 is 11.7 Å². The van der Waals surface area contributed by atoms with E-state index in [2.05, 4.69) is 39.5 Å². The van der Waals surface area contributed by atoms with Gasteiger partial charge in [-0.25, -0.2) is 4.98 Å². The Hall–Kier alpha value is -1.84. The number of hydrogen-bond acceptors (Lipinski definition) is 3. The van der Waals surface area contributed by atoms with Crippen LogP contribution in [-0.4, -0.2) is 30.0 Å². The van der Waals surface area contributed by atoms with E-state index in [0.29, 0.717) is 6.04 Å². The smallest absolute Gasteiger partial charge is 0.223 e. The van der Waals surface area contributed by atoms with E-state index in [9.17, 15) is 4.79 Å². The van der Waals surface area contributed by atoms with Crippen molar-refractivity contribution in [2.24, 2.45) is 5.92 Å². The number of piperidine rings is 1. The number of nitrogens with zero attached hydrogens (tertiary/aromatic N) is 2. The molecule has 1 aliphatic heterocycles. The van der Waals surface area contributed by atoms with Crippen LogP contribution in [0.2, 0.25) is 0 Å². The molecule has 118 valence electrons. The standard InChI is InChI=1S/C18H25N3O/c1-14-6-5-9-17(19-14)21-12-10-16(11-13-21)20-18(22)15-7-3-2-4-8-15/h2-3,5-6,9,15-16H,4,7-8,10-13H2,1H3,(H,20,22). The minimum Gasteiger partial charge on any atom is -0.356 e. The number of carbonyl (C=O) groups excluding carboxylic acids is 1. The SMILES string of the molecule is Cc1cccc(N2CCC(NC(=O)C3CC=CCC3)CC2)n1. The molecule has 2 heterocycles. The van der Waals surface area contributed by atoms with Gasteiger partial charge in [-0.05, 0) is 51.2 Å². The van der Waals surface area contributed by atoms with E-state index in [4.69, 9.17) is 0 Å². The summed E-state index contributed by atoms with van der Waals surface area (Å²) in [5.74, 6) is 1.49. The Labute approximate surface area is 132 Å². The maximum atomic E-state index is 12.3. The number of aryl methyl sites for hydroxylation is 1. The van der Waals surface area contributed by atoms with Crippen LogP contribution in [0.5, 0.6) is 0 Å². The van der Waals surface area contributed by atoms with E-state index < -0.39 is 0 Å². The Morgan fingerprint density at radius 3 is 2.73 bits per heavy atom. The first-order chi connectivity index (χ1) is 10.7. The molecule has 1 amide bonds. The lowest BCUT2D eigenvalue weighted by atomic mass is 9.93. The molecule has 1 aliphatic carbocycles. The van der Waals surface area contributed by atoms with Crippen LogP contribution in [0.1, 0.15) is 37.8 Å². The number of pyridine rings is 1. The fourth-order valence-electron chi connectivity index (χ4n) is 3.31. The third-order valence-electron chi connectivity index (χ3n) is 4.68. The molecule has 4 nitrogen and oxygen atoms in total. The van der Waals surface area contributed by atoms with Crippen LogP contribution in [-0.2, 0) is 4.79 Å². The Balaban J connectivity index is 1.49. The number of nitrogens with one attached hydrogen (secondary N) is 1. The zero-order chi connectivity index (χ0) is 15.4. The minimum atomic E-state index is 0.182. The molecule has 0 spiro atoms. The van der Waals surface area contributed by atoms with E-state index in [1.54, 1.807) is 0 Å². The van der Waals surface area contributed by atoms with Gasteiger partial charge in [0.1, 0.15) is 5.82 Å². The van der Waals surface area contributed by atoms with E-state index in [0.717, 1.165) is 56.7 Å². The van der Waals surface area contributed by atoms with Gasteiger partial charge in [0, 0.05) is 30.7 Å². The fraction of sp³-hybridized carbons (Fsp3) is 0.556. The number of rotatable bonds is 3. The molecule has 2 aliphatic rings. The van der Waals surface area contributed by atoms with Gasteiger partial charge in [0.15, 0.2) is 0 Å². The predicted molar refractivity (Wildman–Crippen MR) is 88.8 cm³/mol. The van der Waals surface area contributed by atoms with Crippen LogP contribution in [0.25, 0.3) is 0 Å².